The summed E-state index contributed by atoms with van der Waals surface area (Å²) < 4.78 is 0. The Balaban J connectivity index is 2.18. The van der Waals surface area contributed by atoms with Gasteiger partial charge in [0, 0.05) is 22.5 Å². The fourth-order valence-corrected chi connectivity index (χ4v) is 3.22. The molecule has 1 N–H and O–H groups in total. The van der Waals surface area contributed by atoms with E-state index >= 15 is 0 Å². The molecule has 126 valence electrons. The summed E-state index contributed by atoms with van der Waals surface area (Å²) in [6.07, 6.45) is 5.98. The van der Waals surface area contributed by atoms with Gasteiger partial charge < -0.3 is 5.32 Å². The molecule has 0 saturated carbocycles. The third kappa shape index (κ3) is 5.12. The molecule has 0 aliphatic carbocycles. The Morgan fingerprint density at radius 2 is 1.83 bits per heavy atom. The lowest BCUT2D eigenvalue weighted by Crippen LogP contribution is -2.10. The van der Waals surface area contributed by atoms with Crippen molar-refractivity contribution in [2.75, 3.05) is 0 Å². The fraction of sp³-hybridized carbons (Fsp3) is 0.250. The molecule has 1 amide bonds. The van der Waals surface area contributed by atoms with Gasteiger partial charge in [0.05, 0.1) is 0 Å². The Labute approximate surface area is 153 Å². The highest BCUT2D eigenvalue weighted by Gasteiger charge is 2.08. The minimum Gasteiger partial charge on any atom is -0.355 e. The van der Waals surface area contributed by atoms with Crippen LogP contribution in [0.2, 0.25) is 10.0 Å². The van der Waals surface area contributed by atoms with E-state index in [-0.39, 0.29) is 5.92 Å². The number of nitrogens with one attached hydrogen (secondary N) is 1. The first-order valence-corrected chi connectivity index (χ1v) is 8.69. The molecule has 1 unspecified atom stereocenters. The van der Waals surface area contributed by atoms with E-state index in [1.54, 1.807) is 6.07 Å². The van der Waals surface area contributed by atoms with Gasteiger partial charge in [-0.3, -0.25) is 4.79 Å². The highest BCUT2D eigenvalue weighted by molar-refractivity contribution is 6.34. The molecule has 0 aliphatic heterocycles. The van der Waals surface area contributed by atoms with Crippen molar-refractivity contribution in [3.63, 3.8) is 0 Å². The molecule has 1 atom stereocenters. The molecule has 0 heterocycles. The number of halogens is 2. The number of aryl methyl sites for hydroxylation is 1. The first-order chi connectivity index (χ1) is 11.5. The molecule has 2 aromatic carbocycles. The minimum atomic E-state index is 0.262. The van der Waals surface area contributed by atoms with E-state index in [1.165, 1.54) is 0 Å². The summed E-state index contributed by atoms with van der Waals surface area (Å²) in [7, 11) is 0. The molecule has 0 spiro atoms. The average molecular weight is 362 g/mol. The van der Waals surface area contributed by atoms with Gasteiger partial charge in [-0.05, 0) is 53.8 Å². The van der Waals surface area contributed by atoms with E-state index in [1.807, 2.05) is 25.1 Å². The number of amides is 1. The number of hydrogen-bond acceptors (Lipinski definition) is 1. The number of carbonyl (C=O) groups excluding carboxylic acids is 1. The lowest BCUT2D eigenvalue weighted by Gasteiger charge is -2.12. The second kappa shape index (κ2) is 8.91. The molecule has 0 aliphatic rings. The van der Waals surface area contributed by atoms with Crippen molar-refractivity contribution in [2.45, 2.75) is 32.7 Å². The van der Waals surface area contributed by atoms with Gasteiger partial charge in [0.1, 0.15) is 0 Å². The van der Waals surface area contributed by atoms with Crippen LogP contribution in [-0.2, 0) is 11.3 Å². The van der Waals surface area contributed by atoms with Crippen molar-refractivity contribution < 1.29 is 4.79 Å². The lowest BCUT2D eigenvalue weighted by molar-refractivity contribution is -0.109. The molecule has 0 radical (unpaired) electrons. The van der Waals surface area contributed by atoms with Crippen molar-refractivity contribution in [2.24, 2.45) is 0 Å². The molecule has 0 saturated heterocycles. The molecule has 4 heteroatoms. The predicted molar refractivity (Wildman–Crippen MR) is 103 cm³/mol. The summed E-state index contributed by atoms with van der Waals surface area (Å²) in [6, 6.07) is 11.9. The second-order valence-electron chi connectivity index (χ2n) is 5.76. The van der Waals surface area contributed by atoms with E-state index in [9.17, 15) is 4.79 Å². The van der Waals surface area contributed by atoms with Crippen molar-refractivity contribution in [1.82, 2.24) is 5.32 Å². The summed E-state index contributed by atoms with van der Waals surface area (Å²) in [4.78, 5) is 10.4. The van der Waals surface area contributed by atoms with E-state index in [0.29, 0.717) is 16.6 Å². The second-order valence-corrected chi connectivity index (χ2v) is 6.63. The molecule has 24 heavy (non-hydrogen) atoms. The Bertz CT molecular complexity index is 720. The Kier molecular flexibility index (Phi) is 6.89. The first kappa shape index (κ1) is 18.6. The largest absolute Gasteiger partial charge is 0.355 e. The average Bonchev–Trinajstić information content (AvgIpc) is 2.54. The van der Waals surface area contributed by atoms with Crippen LogP contribution in [0.3, 0.4) is 0 Å². The summed E-state index contributed by atoms with van der Waals surface area (Å²) in [5.74, 6) is 0.262. The predicted octanol–water partition coefficient (Wildman–Crippen LogP) is 5.75. The number of benzene rings is 2. The van der Waals surface area contributed by atoms with E-state index in [0.717, 1.165) is 35.1 Å². The number of rotatable bonds is 7. The third-order valence-electron chi connectivity index (χ3n) is 4.02. The van der Waals surface area contributed by atoms with Gasteiger partial charge >= 0.3 is 0 Å². The standard InChI is InChI=1S/C20H21Cl2NO/c1-3-16(18-9-19(21)11-20(22)10-18)6-4-15-5-7-17(12-23-13-24)14(2)8-15/h4-11,13,16H,3,12H2,1-2H3,(H,23,24)/b6-4+. The number of carbonyl (C=O) groups is 1. The smallest absolute Gasteiger partial charge is 0.207 e. The lowest BCUT2D eigenvalue weighted by atomic mass is 9.95. The van der Waals surface area contributed by atoms with Crippen LogP contribution >= 0.6 is 23.2 Å². The Morgan fingerprint density at radius 3 is 2.42 bits per heavy atom. The van der Waals surface area contributed by atoms with Crippen LogP contribution in [0.15, 0.2) is 42.5 Å². The van der Waals surface area contributed by atoms with Crippen LogP contribution < -0.4 is 5.32 Å². The molecule has 2 aromatic rings. The van der Waals surface area contributed by atoms with Crippen LogP contribution in [0.5, 0.6) is 0 Å². The molecular formula is C20H21Cl2NO. The molecule has 0 fully saturated rings. The normalized spacial score (nSPS) is 12.3. The zero-order valence-electron chi connectivity index (χ0n) is 13.9. The molecule has 0 bridgehead atoms. The maximum atomic E-state index is 10.4. The van der Waals surface area contributed by atoms with Crippen molar-refractivity contribution in [3.8, 4) is 0 Å². The molecular weight excluding hydrogens is 341 g/mol. The zero-order chi connectivity index (χ0) is 17.5. The van der Waals surface area contributed by atoms with Crippen LogP contribution in [0.4, 0.5) is 0 Å². The number of hydrogen-bond donors (Lipinski definition) is 1. The summed E-state index contributed by atoms with van der Waals surface area (Å²) in [6.45, 7) is 4.74. The van der Waals surface area contributed by atoms with Gasteiger partial charge in [0.25, 0.3) is 0 Å². The highest BCUT2D eigenvalue weighted by Crippen LogP contribution is 2.28. The van der Waals surface area contributed by atoms with Crippen LogP contribution in [0.1, 0.15) is 41.5 Å². The molecule has 2 nitrogen and oxygen atoms in total. The van der Waals surface area contributed by atoms with Crippen LogP contribution in [-0.4, -0.2) is 6.41 Å². The monoisotopic (exact) mass is 361 g/mol. The van der Waals surface area contributed by atoms with Crippen LogP contribution in [0.25, 0.3) is 6.08 Å². The SMILES string of the molecule is CCC(/C=C/c1ccc(CNC=O)c(C)c1)c1cc(Cl)cc(Cl)c1. The van der Waals surface area contributed by atoms with Gasteiger partial charge in [-0.1, -0.05) is 60.5 Å². The Morgan fingerprint density at radius 1 is 1.12 bits per heavy atom. The van der Waals surface area contributed by atoms with Crippen molar-refractivity contribution in [3.05, 3.63) is 74.8 Å². The topological polar surface area (TPSA) is 29.1 Å². The van der Waals surface area contributed by atoms with Crippen molar-refractivity contribution in [1.29, 1.82) is 0 Å². The van der Waals surface area contributed by atoms with Crippen LogP contribution in [0, 0.1) is 6.92 Å². The molecule has 0 aromatic heterocycles. The zero-order valence-corrected chi connectivity index (χ0v) is 15.4. The van der Waals surface area contributed by atoms with Crippen molar-refractivity contribution >= 4 is 35.7 Å². The summed E-state index contributed by atoms with van der Waals surface area (Å²) in [5, 5.41) is 4.01. The first-order valence-electron chi connectivity index (χ1n) is 7.94. The summed E-state index contributed by atoms with van der Waals surface area (Å²) >= 11 is 12.2. The van der Waals surface area contributed by atoms with Gasteiger partial charge in [0.2, 0.25) is 6.41 Å². The summed E-state index contributed by atoms with van der Waals surface area (Å²) in [5.41, 5.74) is 4.53. The maximum Gasteiger partial charge on any atom is 0.207 e. The van der Waals surface area contributed by atoms with E-state index in [2.05, 4.69) is 36.5 Å². The Hall–Kier alpha value is -1.77. The highest BCUT2D eigenvalue weighted by atomic mass is 35.5. The maximum absolute atomic E-state index is 10.4. The third-order valence-corrected chi connectivity index (χ3v) is 4.45. The number of allylic oxidation sites excluding steroid dienone is 1. The van der Waals surface area contributed by atoms with E-state index < -0.39 is 0 Å². The van der Waals surface area contributed by atoms with Gasteiger partial charge in [-0.2, -0.15) is 0 Å². The van der Waals surface area contributed by atoms with Gasteiger partial charge in [0.15, 0.2) is 0 Å². The van der Waals surface area contributed by atoms with Gasteiger partial charge in [-0.25, -0.2) is 0 Å². The van der Waals surface area contributed by atoms with Gasteiger partial charge in [-0.15, -0.1) is 0 Å². The minimum absolute atomic E-state index is 0.262. The molecule has 2 rings (SSSR count). The van der Waals surface area contributed by atoms with E-state index in [4.69, 9.17) is 23.2 Å². The fourth-order valence-electron chi connectivity index (χ4n) is 2.67. The quantitative estimate of drug-likeness (QED) is 0.624.